The van der Waals surface area contributed by atoms with Gasteiger partial charge in [-0.2, -0.15) is 0 Å². The average molecular weight is 398 g/mol. The van der Waals surface area contributed by atoms with E-state index in [1.54, 1.807) is 19.2 Å². The Labute approximate surface area is 164 Å². The number of hydrogen-bond acceptors (Lipinski definition) is 3. The standard InChI is InChI=1S/C18H21Cl2N3OS/c1-23(2)16(13-6-4-5-7-17(13)24-3)11-21-18(25)22-12-8-9-14(19)15(20)10-12/h4-10,16H,11H2,1-3H3,(H2,21,22,25)/t16-/m1/s1. The van der Waals surface area contributed by atoms with Crippen molar-refractivity contribution in [1.29, 1.82) is 0 Å². The SMILES string of the molecule is COc1ccccc1[C@@H](CNC(=S)Nc1ccc(Cl)c(Cl)c1)N(C)C. The summed E-state index contributed by atoms with van der Waals surface area (Å²) < 4.78 is 5.47. The van der Waals surface area contributed by atoms with Crippen molar-refractivity contribution in [3.63, 3.8) is 0 Å². The lowest BCUT2D eigenvalue weighted by molar-refractivity contribution is 0.288. The number of likely N-dealkylation sites (N-methyl/N-ethyl adjacent to an activating group) is 1. The van der Waals surface area contributed by atoms with E-state index in [1.165, 1.54) is 0 Å². The van der Waals surface area contributed by atoms with Crippen LogP contribution in [0.25, 0.3) is 0 Å². The molecule has 0 aromatic heterocycles. The molecule has 0 aliphatic heterocycles. The van der Waals surface area contributed by atoms with E-state index in [-0.39, 0.29) is 6.04 Å². The third-order valence-electron chi connectivity index (χ3n) is 3.75. The fourth-order valence-corrected chi connectivity index (χ4v) is 2.95. The van der Waals surface area contributed by atoms with Gasteiger partial charge < -0.3 is 20.3 Å². The van der Waals surface area contributed by atoms with E-state index in [1.807, 2.05) is 38.4 Å². The number of ether oxygens (including phenoxy) is 1. The van der Waals surface area contributed by atoms with Crippen molar-refractivity contribution in [1.82, 2.24) is 10.2 Å². The fraction of sp³-hybridized carbons (Fsp3) is 0.278. The number of thiocarbonyl (C=S) groups is 1. The van der Waals surface area contributed by atoms with Crippen molar-refractivity contribution >= 4 is 46.2 Å². The molecule has 0 saturated carbocycles. The number of nitrogens with zero attached hydrogens (tertiary/aromatic N) is 1. The van der Waals surface area contributed by atoms with Crippen LogP contribution in [0.15, 0.2) is 42.5 Å². The van der Waals surface area contributed by atoms with E-state index in [0.717, 1.165) is 17.0 Å². The average Bonchev–Trinajstić information content (AvgIpc) is 2.58. The number of hydrogen-bond donors (Lipinski definition) is 2. The molecule has 0 unspecified atom stereocenters. The van der Waals surface area contributed by atoms with Gasteiger partial charge in [0.25, 0.3) is 0 Å². The molecule has 2 N–H and O–H groups in total. The van der Waals surface area contributed by atoms with Crippen LogP contribution in [-0.4, -0.2) is 37.8 Å². The monoisotopic (exact) mass is 397 g/mol. The molecule has 25 heavy (non-hydrogen) atoms. The Morgan fingerprint density at radius 2 is 1.88 bits per heavy atom. The van der Waals surface area contributed by atoms with Crippen molar-refractivity contribution in [2.24, 2.45) is 0 Å². The molecule has 2 aromatic rings. The van der Waals surface area contributed by atoms with Gasteiger partial charge in [-0.05, 0) is 50.6 Å². The van der Waals surface area contributed by atoms with E-state index in [4.69, 9.17) is 40.2 Å². The number of methoxy groups -OCH3 is 1. The quantitative estimate of drug-likeness (QED) is 0.696. The Hall–Kier alpha value is -1.53. The second-order valence-electron chi connectivity index (χ2n) is 5.69. The second-order valence-corrected chi connectivity index (χ2v) is 6.91. The Bertz CT molecular complexity index is 740. The van der Waals surface area contributed by atoms with Gasteiger partial charge in [0.15, 0.2) is 5.11 Å². The predicted molar refractivity (Wildman–Crippen MR) is 110 cm³/mol. The van der Waals surface area contributed by atoms with Crippen LogP contribution in [0.3, 0.4) is 0 Å². The normalized spacial score (nSPS) is 11.9. The molecule has 0 saturated heterocycles. The summed E-state index contributed by atoms with van der Waals surface area (Å²) in [5.41, 5.74) is 1.88. The number of nitrogens with one attached hydrogen (secondary N) is 2. The zero-order chi connectivity index (χ0) is 18.4. The first-order valence-corrected chi connectivity index (χ1v) is 8.88. The highest BCUT2D eigenvalue weighted by molar-refractivity contribution is 7.80. The summed E-state index contributed by atoms with van der Waals surface area (Å²) in [6.45, 7) is 0.626. The summed E-state index contributed by atoms with van der Waals surface area (Å²) in [7, 11) is 5.72. The minimum absolute atomic E-state index is 0.102. The first-order chi connectivity index (χ1) is 11.9. The molecular formula is C18H21Cl2N3OS. The van der Waals surface area contributed by atoms with Gasteiger partial charge in [-0.15, -0.1) is 0 Å². The molecule has 0 fully saturated rings. The van der Waals surface area contributed by atoms with E-state index < -0.39 is 0 Å². The Kier molecular flexibility index (Phi) is 7.32. The molecule has 0 spiro atoms. The maximum absolute atomic E-state index is 6.02. The first kappa shape index (κ1) is 19.8. The molecule has 0 radical (unpaired) electrons. The molecule has 7 heteroatoms. The minimum atomic E-state index is 0.102. The van der Waals surface area contributed by atoms with Crippen LogP contribution in [0.4, 0.5) is 5.69 Å². The zero-order valence-electron chi connectivity index (χ0n) is 14.3. The van der Waals surface area contributed by atoms with Gasteiger partial charge >= 0.3 is 0 Å². The number of benzene rings is 2. The molecule has 0 heterocycles. The zero-order valence-corrected chi connectivity index (χ0v) is 16.7. The number of anilines is 1. The van der Waals surface area contributed by atoms with Crippen LogP contribution in [0.2, 0.25) is 10.0 Å². The molecule has 4 nitrogen and oxygen atoms in total. The molecule has 0 bridgehead atoms. The molecule has 1 atom stereocenters. The highest BCUT2D eigenvalue weighted by Crippen LogP contribution is 2.27. The van der Waals surface area contributed by atoms with E-state index in [0.29, 0.717) is 21.7 Å². The van der Waals surface area contributed by atoms with Crippen LogP contribution in [0, 0.1) is 0 Å². The van der Waals surface area contributed by atoms with Gasteiger partial charge in [0, 0.05) is 17.8 Å². The van der Waals surface area contributed by atoms with Gasteiger partial charge in [-0.3, -0.25) is 0 Å². The van der Waals surface area contributed by atoms with Crippen molar-refractivity contribution in [2.75, 3.05) is 33.1 Å². The predicted octanol–water partition coefficient (Wildman–Crippen LogP) is 4.59. The lowest BCUT2D eigenvalue weighted by Gasteiger charge is -2.27. The largest absolute Gasteiger partial charge is 0.496 e. The summed E-state index contributed by atoms with van der Waals surface area (Å²) in [5, 5.41) is 7.86. The summed E-state index contributed by atoms with van der Waals surface area (Å²) >= 11 is 17.3. The maximum Gasteiger partial charge on any atom is 0.170 e. The molecular weight excluding hydrogens is 377 g/mol. The Morgan fingerprint density at radius 3 is 2.52 bits per heavy atom. The van der Waals surface area contributed by atoms with Gasteiger partial charge in [0.05, 0.1) is 23.2 Å². The lowest BCUT2D eigenvalue weighted by atomic mass is 10.0. The first-order valence-electron chi connectivity index (χ1n) is 7.71. The highest BCUT2D eigenvalue weighted by Gasteiger charge is 2.18. The van der Waals surface area contributed by atoms with E-state index in [9.17, 15) is 0 Å². The summed E-state index contributed by atoms with van der Waals surface area (Å²) in [6.07, 6.45) is 0. The molecule has 2 aromatic carbocycles. The fourth-order valence-electron chi connectivity index (χ4n) is 2.45. The minimum Gasteiger partial charge on any atom is -0.496 e. The highest BCUT2D eigenvalue weighted by atomic mass is 35.5. The Balaban J connectivity index is 2.03. The molecule has 0 aliphatic carbocycles. The summed E-state index contributed by atoms with van der Waals surface area (Å²) in [6, 6.07) is 13.4. The van der Waals surface area contributed by atoms with Gasteiger partial charge in [-0.1, -0.05) is 41.4 Å². The van der Waals surface area contributed by atoms with Crippen LogP contribution in [0.5, 0.6) is 5.75 Å². The molecule has 0 aliphatic rings. The third-order valence-corrected chi connectivity index (χ3v) is 4.74. The van der Waals surface area contributed by atoms with Crippen LogP contribution in [0.1, 0.15) is 11.6 Å². The molecule has 0 amide bonds. The van der Waals surface area contributed by atoms with E-state index in [2.05, 4.69) is 21.6 Å². The van der Waals surface area contributed by atoms with Crippen molar-refractivity contribution < 1.29 is 4.74 Å². The summed E-state index contributed by atoms with van der Waals surface area (Å²) in [5.74, 6) is 0.853. The third kappa shape index (κ3) is 5.47. The number of para-hydroxylation sites is 1. The second kappa shape index (κ2) is 9.25. The van der Waals surface area contributed by atoms with Crippen LogP contribution < -0.4 is 15.4 Å². The van der Waals surface area contributed by atoms with Crippen molar-refractivity contribution in [2.45, 2.75) is 6.04 Å². The van der Waals surface area contributed by atoms with Crippen LogP contribution in [-0.2, 0) is 0 Å². The maximum atomic E-state index is 6.02. The van der Waals surface area contributed by atoms with Crippen molar-refractivity contribution in [3.8, 4) is 5.75 Å². The summed E-state index contributed by atoms with van der Waals surface area (Å²) in [4.78, 5) is 2.12. The van der Waals surface area contributed by atoms with Gasteiger partial charge in [0.1, 0.15) is 5.75 Å². The smallest absolute Gasteiger partial charge is 0.170 e. The number of rotatable bonds is 6. The lowest BCUT2D eigenvalue weighted by Crippen LogP contribution is -2.36. The molecule has 134 valence electrons. The van der Waals surface area contributed by atoms with Gasteiger partial charge in [-0.25, -0.2) is 0 Å². The van der Waals surface area contributed by atoms with Crippen LogP contribution >= 0.6 is 35.4 Å². The van der Waals surface area contributed by atoms with Crippen molar-refractivity contribution in [3.05, 3.63) is 58.1 Å². The van der Waals surface area contributed by atoms with E-state index >= 15 is 0 Å². The molecule has 2 rings (SSSR count). The Morgan fingerprint density at radius 1 is 1.16 bits per heavy atom. The topological polar surface area (TPSA) is 36.5 Å². The number of halogens is 2. The van der Waals surface area contributed by atoms with Gasteiger partial charge in [0.2, 0.25) is 0 Å².